The lowest BCUT2D eigenvalue weighted by Crippen LogP contribution is -2.28. The lowest BCUT2D eigenvalue weighted by Gasteiger charge is -2.15. The standard InChI is InChI=1S/C20H29N5O2/c1-14(2)27-18-10-7-6-9-16(18)23-20-22-15(3)13-17(24-20)19(26)21-11-8-12-25(4)5/h6-7,9-10,13-14H,8,11-12H2,1-5H3,(H,21,26)(H,22,23,24). The molecule has 1 heterocycles. The predicted molar refractivity (Wildman–Crippen MR) is 108 cm³/mol. The maximum Gasteiger partial charge on any atom is 0.270 e. The summed E-state index contributed by atoms with van der Waals surface area (Å²) < 4.78 is 5.81. The predicted octanol–water partition coefficient (Wildman–Crippen LogP) is 3.00. The molecule has 7 heteroatoms. The number of para-hydroxylation sites is 2. The molecule has 0 atom stereocenters. The fraction of sp³-hybridized carbons (Fsp3) is 0.450. The van der Waals surface area contributed by atoms with Gasteiger partial charge in [0.25, 0.3) is 5.91 Å². The van der Waals surface area contributed by atoms with Crippen LogP contribution in [0.4, 0.5) is 11.6 Å². The van der Waals surface area contributed by atoms with Crippen LogP contribution in [0.15, 0.2) is 30.3 Å². The van der Waals surface area contributed by atoms with Crippen LogP contribution in [0, 0.1) is 6.92 Å². The van der Waals surface area contributed by atoms with E-state index in [0.29, 0.717) is 29.6 Å². The lowest BCUT2D eigenvalue weighted by molar-refractivity contribution is 0.0947. The Morgan fingerprint density at radius 1 is 1.22 bits per heavy atom. The van der Waals surface area contributed by atoms with Gasteiger partial charge in [0.1, 0.15) is 11.4 Å². The van der Waals surface area contributed by atoms with Crippen molar-refractivity contribution in [3.63, 3.8) is 0 Å². The van der Waals surface area contributed by atoms with E-state index in [1.54, 1.807) is 6.07 Å². The summed E-state index contributed by atoms with van der Waals surface area (Å²) in [6.07, 6.45) is 0.934. The number of carbonyl (C=O) groups excluding carboxylic acids is 1. The quantitative estimate of drug-likeness (QED) is 0.660. The summed E-state index contributed by atoms with van der Waals surface area (Å²) in [6.45, 7) is 7.31. The molecule has 2 rings (SSSR count). The van der Waals surface area contributed by atoms with Gasteiger partial charge in [-0.25, -0.2) is 9.97 Å². The monoisotopic (exact) mass is 371 g/mol. The molecule has 0 bridgehead atoms. The Morgan fingerprint density at radius 2 is 1.96 bits per heavy atom. The number of nitrogens with zero attached hydrogens (tertiary/aromatic N) is 3. The van der Waals surface area contributed by atoms with E-state index in [2.05, 4.69) is 25.5 Å². The van der Waals surface area contributed by atoms with Crippen molar-refractivity contribution in [2.24, 2.45) is 0 Å². The van der Waals surface area contributed by atoms with Crippen LogP contribution in [-0.4, -0.2) is 54.1 Å². The number of aryl methyl sites for hydroxylation is 1. The second-order valence-corrected chi connectivity index (χ2v) is 6.92. The number of rotatable bonds is 9. The molecular weight excluding hydrogens is 342 g/mol. The highest BCUT2D eigenvalue weighted by atomic mass is 16.5. The Balaban J connectivity index is 2.10. The van der Waals surface area contributed by atoms with E-state index < -0.39 is 0 Å². The third-order valence-corrected chi connectivity index (χ3v) is 3.65. The van der Waals surface area contributed by atoms with E-state index in [1.165, 1.54) is 0 Å². The molecule has 1 aromatic heterocycles. The van der Waals surface area contributed by atoms with Crippen molar-refractivity contribution in [1.29, 1.82) is 0 Å². The van der Waals surface area contributed by atoms with E-state index in [1.807, 2.05) is 59.1 Å². The lowest BCUT2D eigenvalue weighted by atomic mass is 10.3. The average Bonchev–Trinajstić information content (AvgIpc) is 2.59. The molecule has 0 saturated heterocycles. The molecule has 0 fully saturated rings. The summed E-state index contributed by atoms with van der Waals surface area (Å²) in [5.74, 6) is 0.884. The zero-order valence-electron chi connectivity index (χ0n) is 16.7. The van der Waals surface area contributed by atoms with E-state index >= 15 is 0 Å². The maximum atomic E-state index is 12.4. The number of carbonyl (C=O) groups is 1. The SMILES string of the molecule is Cc1cc(C(=O)NCCCN(C)C)nc(Nc2ccccc2OC(C)C)n1. The number of hydrogen-bond acceptors (Lipinski definition) is 6. The van der Waals surface area contributed by atoms with Crippen LogP contribution in [0.3, 0.4) is 0 Å². The Labute approximate surface area is 161 Å². The van der Waals surface area contributed by atoms with Crippen molar-refractivity contribution in [3.05, 3.63) is 41.7 Å². The zero-order valence-corrected chi connectivity index (χ0v) is 16.7. The Bertz CT molecular complexity index is 762. The summed E-state index contributed by atoms with van der Waals surface area (Å²) in [5.41, 5.74) is 1.82. The van der Waals surface area contributed by atoms with Gasteiger partial charge in [0, 0.05) is 12.2 Å². The molecule has 0 spiro atoms. The van der Waals surface area contributed by atoms with Gasteiger partial charge in [-0.3, -0.25) is 4.79 Å². The van der Waals surface area contributed by atoms with E-state index in [-0.39, 0.29) is 12.0 Å². The second-order valence-electron chi connectivity index (χ2n) is 6.92. The van der Waals surface area contributed by atoms with Crippen LogP contribution in [0.1, 0.15) is 36.5 Å². The van der Waals surface area contributed by atoms with Crippen molar-refractivity contribution < 1.29 is 9.53 Å². The summed E-state index contributed by atoms with van der Waals surface area (Å²) in [4.78, 5) is 23.2. The summed E-state index contributed by atoms with van der Waals surface area (Å²) in [6, 6.07) is 9.28. The fourth-order valence-electron chi connectivity index (χ4n) is 2.48. The largest absolute Gasteiger partial charge is 0.489 e. The first-order valence-corrected chi connectivity index (χ1v) is 9.16. The van der Waals surface area contributed by atoms with Crippen molar-refractivity contribution in [3.8, 4) is 5.75 Å². The highest BCUT2D eigenvalue weighted by Gasteiger charge is 2.12. The molecular formula is C20H29N5O2. The third kappa shape index (κ3) is 6.86. The molecule has 0 radical (unpaired) electrons. The average molecular weight is 371 g/mol. The maximum absolute atomic E-state index is 12.4. The van der Waals surface area contributed by atoms with Gasteiger partial charge >= 0.3 is 0 Å². The van der Waals surface area contributed by atoms with Gasteiger partial charge in [-0.1, -0.05) is 12.1 Å². The molecule has 0 unspecified atom stereocenters. The van der Waals surface area contributed by atoms with Crippen LogP contribution < -0.4 is 15.4 Å². The molecule has 1 aromatic carbocycles. The van der Waals surface area contributed by atoms with Crippen LogP contribution in [0.2, 0.25) is 0 Å². The number of benzene rings is 1. The van der Waals surface area contributed by atoms with Crippen molar-refractivity contribution in [2.45, 2.75) is 33.3 Å². The zero-order chi connectivity index (χ0) is 19.8. The molecule has 0 aliphatic heterocycles. The minimum absolute atomic E-state index is 0.0508. The number of hydrogen-bond donors (Lipinski definition) is 2. The highest BCUT2D eigenvalue weighted by molar-refractivity contribution is 5.92. The minimum atomic E-state index is -0.200. The molecule has 0 aliphatic carbocycles. The molecule has 27 heavy (non-hydrogen) atoms. The van der Waals surface area contributed by atoms with Crippen LogP contribution >= 0.6 is 0 Å². The number of anilines is 2. The molecule has 7 nitrogen and oxygen atoms in total. The minimum Gasteiger partial charge on any atom is -0.489 e. The van der Waals surface area contributed by atoms with Gasteiger partial charge < -0.3 is 20.3 Å². The van der Waals surface area contributed by atoms with Crippen molar-refractivity contribution in [1.82, 2.24) is 20.2 Å². The second kappa shape index (κ2) is 9.87. The summed E-state index contributed by atoms with van der Waals surface area (Å²) in [7, 11) is 4.02. The molecule has 2 N–H and O–H groups in total. The van der Waals surface area contributed by atoms with Gasteiger partial charge in [0.2, 0.25) is 5.95 Å². The van der Waals surface area contributed by atoms with Crippen LogP contribution in [0.5, 0.6) is 5.75 Å². The van der Waals surface area contributed by atoms with Crippen molar-refractivity contribution in [2.75, 3.05) is 32.5 Å². The first kappa shape index (κ1) is 20.6. The van der Waals surface area contributed by atoms with Gasteiger partial charge in [-0.05, 0) is 66.0 Å². The van der Waals surface area contributed by atoms with E-state index in [4.69, 9.17) is 4.74 Å². The van der Waals surface area contributed by atoms with E-state index in [0.717, 1.165) is 18.7 Å². The van der Waals surface area contributed by atoms with Gasteiger partial charge in [0.05, 0.1) is 11.8 Å². The highest BCUT2D eigenvalue weighted by Crippen LogP contribution is 2.27. The number of ether oxygens (including phenoxy) is 1. The molecule has 0 aliphatic rings. The molecule has 2 aromatic rings. The summed E-state index contributed by atoms with van der Waals surface area (Å²) >= 11 is 0. The molecule has 146 valence electrons. The molecule has 0 saturated carbocycles. The van der Waals surface area contributed by atoms with Gasteiger partial charge in [-0.2, -0.15) is 0 Å². The van der Waals surface area contributed by atoms with Crippen LogP contribution in [0.25, 0.3) is 0 Å². The number of aromatic nitrogens is 2. The first-order valence-electron chi connectivity index (χ1n) is 9.16. The molecule has 1 amide bonds. The Kier molecular flexibility index (Phi) is 7.55. The topological polar surface area (TPSA) is 79.4 Å². The first-order chi connectivity index (χ1) is 12.8. The van der Waals surface area contributed by atoms with Crippen molar-refractivity contribution >= 4 is 17.5 Å². The van der Waals surface area contributed by atoms with Gasteiger partial charge in [-0.15, -0.1) is 0 Å². The van der Waals surface area contributed by atoms with Crippen LogP contribution in [-0.2, 0) is 0 Å². The Morgan fingerprint density at radius 3 is 2.67 bits per heavy atom. The smallest absolute Gasteiger partial charge is 0.270 e. The van der Waals surface area contributed by atoms with Gasteiger partial charge in [0.15, 0.2) is 0 Å². The number of amides is 1. The van der Waals surface area contributed by atoms with E-state index in [9.17, 15) is 4.79 Å². The number of nitrogens with one attached hydrogen (secondary N) is 2. The summed E-state index contributed by atoms with van der Waals surface area (Å²) in [5, 5.41) is 6.06. The fourth-order valence-corrected chi connectivity index (χ4v) is 2.48. The Hall–Kier alpha value is -2.67. The third-order valence-electron chi connectivity index (χ3n) is 3.65. The normalized spacial score (nSPS) is 10.9.